The molecule has 1 heterocycles. The molecule has 0 saturated heterocycles. The smallest absolute Gasteiger partial charge is 0.0597 e. The third kappa shape index (κ3) is 2.56. The summed E-state index contributed by atoms with van der Waals surface area (Å²) in [7, 11) is 2.01. The van der Waals surface area contributed by atoms with Gasteiger partial charge in [0.15, 0.2) is 0 Å². The Morgan fingerprint density at radius 2 is 2.21 bits per heavy atom. The van der Waals surface area contributed by atoms with Gasteiger partial charge in [-0.05, 0) is 43.4 Å². The summed E-state index contributed by atoms with van der Waals surface area (Å²) in [5.41, 5.74) is 5.32. The Labute approximate surface area is 114 Å². The summed E-state index contributed by atoms with van der Waals surface area (Å²) in [6.07, 6.45) is 3.73. The van der Waals surface area contributed by atoms with Crippen LogP contribution in [0.4, 0.5) is 0 Å². The van der Waals surface area contributed by atoms with Crippen molar-refractivity contribution in [3.63, 3.8) is 0 Å². The summed E-state index contributed by atoms with van der Waals surface area (Å²) in [6.45, 7) is 2.93. The van der Waals surface area contributed by atoms with Gasteiger partial charge >= 0.3 is 0 Å². The van der Waals surface area contributed by atoms with Crippen LogP contribution < -0.4 is 5.32 Å². The average molecular weight is 255 g/mol. The van der Waals surface area contributed by atoms with Gasteiger partial charge in [0.25, 0.3) is 0 Å². The molecule has 0 saturated carbocycles. The number of nitrogens with one attached hydrogen (secondary N) is 1. The molecule has 3 nitrogen and oxygen atoms in total. The summed E-state index contributed by atoms with van der Waals surface area (Å²) in [4.78, 5) is 0. The van der Waals surface area contributed by atoms with E-state index in [2.05, 4.69) is 40.7 Å². The molecule has 1 aromatic carbocycles. The highest BCUT2D eigenvalue weighted by Gasteiger charge is 2.19. The van der Waals surface area contributed by atoms with Crippen LogP contribution in [0, 0.1) is 6.92 Å². The maximum Gasteiger partial charge on any atom is 0.0597 e. The molecule has 3 heteroatoms. The molecule has 1 N–H and O–H groups in total. The molecule has 1 atom stereocenters. The van der Waals surface area contributed by atoms with E-state index in [0.29, 0.717) is 6.04 Å². The van der Waals surface area contributed by atoms with Crippen molar-refractivity contribution < 1.29 is 0 Å². The van der Waals surface area contributed by atoms with Crippen LogP contribution in [0.2, 0.25) is 0 Å². The van der Waals surface area contributed by atoms with E-state index in [1.165, 1.54) is 36.1 Å². The molecule has 1 aromatic heterocycles. The molecule has 1 aliphatic carbocycles. The number of hydrogen-bond acceptors (Lipinski definition) is 2. The Morgan fingerprint density at radius 3 is 3.00 bits per heavy atom. The quantitative estimate of drug-likeness (QED) is 0.914. The van der Waals surface area contributed by atoms with Crippen LogP contribution in [0.15, 0.2) is 30.3 Å². The number of rotatable bonds is 3. The normalized spacial score (nSPS) is 18.3. The standard InChI is InChI=1S/C16H21N3/c1-12-10-14(19(2)18-12)11-17-16-9-5-7-13-6-3-4-8-15(13)16/h3-4,6,8,10,16-17H,5,7,9,11H2,1-2H3. The second kappa shape index (κ2) is 5.17. The van der Waals surface area contributed by atoms with Crippen molar-refractivity contribution >= 4 is 0 Å². The first-order valence-corrected chi connectivity index (χ1v) is 7.05. The predicted molar refractivity (Wildman–Crippen MR) is 76.9 cm³/mol. The minimum atomic E-state index is 0.486. The van der Waals surface area contributed by atoms with Crippen LogP contribution in [-0.4, -0.2) is 9.78 Å². The van der Waals surface area contributed by atoms with Gasteiger partial charge < -0.3 is 5.32 Å². The number of nitrogens with zero attached hydrogens (tertiary/aromatic N) is 2. The predicted octanol–water partition coefficient (Wildman–Crippen LogP) is 2.90. The van der Waals surface area contributed by atoms with Crippen molar-refractivity contribution in [3.05, 3.63) is 52.8 Å². The van der Waals surface area contributed by atoms with Crippen molar-refractivity contribution in [2.45, 2.75) is 38.8 Å². The first kappa shape index (κ1) is 12.4. The van der Waals surface area contributed by atoms with Crippen LogP contribution in [0.5, 0.6) is 0 Å². The zero-order valence-corrected chi connectivity index (χ0v) is 11.7. The number of aryl methyl sites for hydroxylation is 3. The van der Waals surface area contributed by atoms with Crippen LogP contribution in [0.3, 0.4) is 0 Å². The van der Waals surface area contributed by atoms with E-state index >= 15 is 0 Å². The van der Waals surface area contributed by atoms with E-state index in [0.717, 1.165) is 12.2 Å². The number of fused-ring (bicyclic) bond motifs is 1. The van der Waals surface area contributed by atoms with E-state index in [9.17, 15) is 0 Å². The maximum atomic E-state index is 4.40. The van der Waals surface area contributed by atoms with Crippen LogP contribution in [0.1, 0.15) is 41.4 Å². The fraction of sp³-hybridized carbons (Fsp3) is 0.438. The molecule has 0 spiro atoms. The zero-order chi connectivity index (χ0) is 13.2. The molecule has 0 radical (unpaired) electrons. The van der Waals surface area contributed by atoms with Crippen molar-refractivity contribution in [2.24, 2.45) is 7.05 Å². The highest BCUT2D eigenvalue weighted by Crippen LogP contribution is 2.29. The van der Waals surface area contributed by atoms with Gasteiger partial charge in [-0.2, -0.15) is 5.10 Å². The van der Waals surface area contributed by atoms with Gasteiger partial charge in [-0.3, -0.25) is 4.68 Å². The summed E-state index contributed by atoms with van der Waals surface area (Å²) < 4.78 is 1.97. The zero-order valence-electron chi connectivity index (χ0n) is 11.7. The number of hydrogen-bond donors (Lipinski definition) is 1. The fourth-order valence-electron chi connectivity index (χ4n) is 3.02. The van der Waals surface area contributed by atoms with Gasteiger partial charge in [0.05, 0.1) is 11.4 Å². The molecule has 1 unspecified atom stereocenters. The highest BCUT2D eigenvalue weighted by atomic mass is 15.3. The highest BCUT2D eigenvalue weighted by molar-refractivity contribution is 5.32. The average Bonchev–Trinajstić information content (AvgIpc) is 2.74. The van der Waals surface area contributed by atoms with Gasteiger partial charge in [-0.15, -0.1) is 0 Å². The Bertz CT molecular complexity index is 571. The van der Waals surface area contributed by atoms with Gasteiger partial charge in [0.2, 0.25) is 0 Å². The van der Waals surface area contributed by atoms with Crippen LogP contribution >= 0.6 is 0 Å². The number of benzene rings is 1. The molecule has 3 rings (SSSR count). The topological polar surface area (TPSA) is 29.9 Å². The second-order valence-electron chi connectivity index (χ2n) is 5.43. The van der Waals surface area contributed by atoms with Gasteiger partial charge in [-0.25, -0.2) is 0 Å². The maximum absolute atomic E-state index is 4.40. The van der Waals surface area contributed by atoms with Crippen molar-refractivity contribution in [1.29, 1.82) is 0 Å². The molecule has 100 valence electrons. The van der Waals surface area contributed by atoms with Gasteiger partial charge in [0, 0.05) is 19.6 Å². The summed E-state index contributed by atoms with van der Waals surface area (Å²) in [5, 5.41) is 8.08. The summed E-state index contributed by atoms with van der Waals surface area (Å²) >= 11 is 0. The van der Waals surface area contributed by atoms with Crippen LogP contribution in [0.25, 0.3) is 0 Å². The first-order valence-electron chi connectivity index (χ1n) is 7.05. The van der Waals surface area contributed by atoms with Gasteiger partial charge in [-0.1, -0.05) is 24.3 Å². The molecule has 1 aliphatic rings. The Kier molecular flexibility index (Phi) is 3.38. The summed E-state index contributed by atoms with van der Waals surface area (Å²) in [5.74, 6) is 0. The monoisotopic (exact) mass is 255 g/mol. The lowest BCUT2D eigenvalue weighted by Crippen LogP contribution is -2.25. The van der Waals surface area contributed by atoms with Crippen LogP contribution in [-0.2, 0) is 20.0 Å². The fourth-order valence-corrected chi connectivity index (χ4v) is 3.02. The second-order valence-corrected chi connectivity index (χ2v) is 5.43. The minimum Gasteiger partial charge on any atom is -0.304 e. The van der Waals surface area contributed by atoms with E-state index in [1.54, 1.807) is 0 Å². The lowest BCUT2D eigenvalue weighted by atomic mass is 9.88. The molecular weight excluding hydrogens is 234 g/mol. The van der Waals surface area contributed by atoms with Crippen molar-refractivity contribution in [3.8, 4) is 0 Å². The van der Waals surface area contributed by atoms with Crippen molar-refractivity contribution in [1.82, 2.24) is 15.1 Å². The van der Waals surface area contributed by atoms with E-state index in [1.807, 2.05) is 18.7 Å². The Morgan fingerprint density at radius 1 is 1.37 bits per heavy atom. The minimum absolute atomic E-state index is 0.486. The largest absolute Gasteiger partial charge is 0.304 e. The molecule has 0 bridgehead atoms. The van der Waals surface area contributed by atoms with Gasteiger partial charge in [0.1, 0.15) is 0 Å². The SMILES string of the molecule is Cc1cc(CNC2CCCc3ccccc32)n(C)n1. The van der Waals surface area contributed by atoms with Crippen molar-refractivity contribution in [2.75, 3.05) is 0 Å². The third-order valence-corrected chi connectivity index (χ3v) is 4.00. The molecular formula is C16H21N3. The molecule has 2 aromatic rings. The molecule has 0 aliphatic heterocycles. The third-order valence-electron chi connectivity index (χ3n) is 4.00. The number of aromatic nitrogens is 2. The van der Waals surface area contributed by atoms with E-state index in [-0.39, 0.29) is 0 Å². The van der Waals surface area contributed by atoms with E-state index in [4.69, 9.17) is 0 Å². The lowest BCUT2D eigenvalue weighted by Gasteiger charge is -2.26. The molecule has 0 fully saturated rings. The summed E-state index contributed by atoms with van der Waals surface area (Å²) in [6, 6.07) is 11.5. The molecule has 0 amide bonds. The lowest BCUT2D eigenvalue weighted by molar-refractivity contribution is 0.450. The Hall–Kier alpha value is -1.61. The Balaban J connectivity index is 1.73. The van der Waals surface area contributed by atoms with E-state index < -0.39 is 0 Å². The first-order chi connectivity index (χ1) is 9.24. The molecule has 19 heavy (non-hydrogen) atoms.